The molecule has 2 N–H and O–H groups in total. The minimum absolute atomic E-state index is 0.298. The molecular weight excluding hydrogens is 366 g/mol. The predicted molar refractivity (Wildman–Crippen MR) is 99.0 cm³/mol. The second kappa shape index (κ2) is 8.90. The smallest absolute Gasteiger partial charge is 0.254 e. The van der Waals surface area contributed by atoms with Gasteiger partial charge in [-0.3, -0.25) is 9.59 Å². The molecule has 8 heteroatoms. The number of nitrogens with one attached hydrogen (secondary N) is 2. The predicted octanol–water partition coefficient (Wildman–Crippen LogP) is 2.24. The summed E-state index contributed by atoms with van der Waals surface area (Å²) >= 11 is 0. The summed E-state index contributed by atoms with van der Waals surface area (Å²) < 4.78 is 28.1. The molecule has 0 aliphatic heterocycles. The van der Waals surface area contributed by atoms with Crippen LogP contribution in [0.2, 0.25) is 0 Å². The summed E-state index contributed by atoms with van der Waals surface area (Å²) in [4.78, 5) is 23.7. The lowest BCUT2D eigenvalue weighted by molar-refractivity contribution is -0.120. The van der Waals surface area contributed by atoms with Gasteiger partial charge in [0, 0.05) is 25.0 Å². The first-order valence-corrected chi connectivity index (χ1v) is 8.62. The van der Waals surface area contributed by atoms with Crippen molar-refractivity contribution in [3.05, 3.63) is 83.7 Å². The molecule has 0 bridgehead atoms. The molecule has 0 radical (unpaired) electrons. The molecule has 2 aromatic carbocycles. The van der Waals surface area contributed by atoms with Crippen LogP contribution in [0.4, 0.5) is 8.78 Å². The maximum absolute atomic E-state index is 13.5. The standard InChI is InChI=1S/C20H18F2N4O2/c21-15-4-7-17(18(22)12-15)20(28)24-13-19(27)23-10-8-14-2-5-16(6-3-14)26-11-1-9-25-26/h1-7,9,11-12H,8,10,13H2,(H,23,27)(H,24,28). The molecule has 0 aliphatic rings. The van der Waals surface area contributed by atoms with Crippen molar-refractivity contribution < 1.29 is 18.4 Å². The Labute approximate surface area is 160 Å². The van der Waals surface area contributed by atoms with Crippen LogP contribution in [0, 0.1) is 11.6 Å². The van der Waals surface area contributed by atoms with Gasteiger partial charge in [0.25, 0.3) is 5.91 Å². The Kier molecular flexibility index (Phi) is 6.11. The fraction of sp³-hybridized carbons (Fsp3) is 0.150. The molecule has 6 nitrogen and oxygen atoms in total. The average molecular weight is 384 g/mol. The second-order valence-electron chi connectivity index (χ2n) is 6.02. The first kappa shape index (κ1) is 19.2. The molecule has 2 amide bonds. The van der Waals surface area contributed by atoms with Crippen molar-refractivity contribution in [3.8, 4) is 5.69 Å². The lowest BCUT2D eigenvalue weighted by atomic mass is 10.1. The molecule has 0 unspecified atom stereocenters. The fourth-order valence-corrected chi connectivity index (χ4v) is 2.58. The SMILES string of the molecule is O=C(CNC(=O)c1ccc(F)cc1F)NCCc1ccc(-n2cccn2)cc1. The minimum Gasteiger partial charge on any atom is -0.354 e. The quantitative estimate of drug-likeness (QED) is 0.656. The second-order valence-corrected chi connectivity index (χ2v) is 6.02. The number of carbonyl (C=O) groups is 2. The lowest BCUT2D eigenvalue weighted by Gasteiger charge is -2.08. The van der Waals surface area contributed by atoms with Crippen LogP contribution in [-0.4, -0.2) is 34.7 Å². The maximum atomic E-state index is 13.5. The largest absolute Gasteiger partial charge is 0.354 e. The van der Waals surface area contributed by atoms with Crippen molar-refractivity contribution >= 4 is 11.8 Å². The van der Waals surface area contributed by atoms with Crippen molar-refractivity contribution in [3.63, 3.8) is 0 Å². The zero-order chi connectivity index (χ0) is 19.9. The van der Waals surface area contributed by atoms with E-state index in [4.69, 9.17) is 0 Å². The molecule has 28 heavy (non-hydrogen) atoms. The van der Waals surface area contributed by atoms with E-state index in [2.05, 4.69) is 15.7 Å². The third-order valence-electron chi connectivity index (χ3n) is 4.03. The first-order valence-electron chi connectivity index (χ1n) is 8.62. The van der Waals surface area contributed by atoms with E-state index >= 15 is 0 Å². The van der Waals surface area contributed by atoms with Crippen LogP contribution in [0.25, 0.3) is 5.69 Å². The van der Waals surface area contributed by atoms with E-state index in [0.717, 1.165) is 23.4 Å². The van der Waals surface area contributed by atoms with Crippen LogP contribution in [0.3, 0.4) is 0 Å². The Bertz CT molecular complexity index is 957. The first-order chi connectivity index (χ1) is 13.5. The van der Waals surface area contributed by atoms with Crippen molar-refractivity contribution in [1.82, 2.24) is 20.4 Å². The number of rotatable bonds is 7. The lowest BCUT2D eigenvalue weighted by Crippen LogP contribution is -2.38. The van der Waals surface area contributed by atoms with E-state index in [9.17, 15) is 18.4 Å². The molecule has 0 saturated carbocycles. The van der Waals surface area contributed by atoms with Crippen LogP contribution < -0.4 is 10.6 Å². The average Bonchev–Trinajstić information content (AvgIpc) is 3.21. The topological polar surface area (TPSA) is 76.0 Å². The van der Waals surface area contributed by atoms with Crippen LogP contribution in [0.15, 0.2) is 60.9 Å². The third kappa shape index (κ3) is 5.00. The normalized spacial score (nSPS) is 10.5. The minimum atomic E-state index is -0.975. The van der Waals surface area contributed by atoms with Crippen molar-refractivity contribution in [2.75, 3.05) is 13.1 Å². The summed E-state index contributed by atoms with van der Waals surface area (Å²) in [7, 11) is 0. The van der Waals surface area contributed by atoms with Gasteiger partial charge in [-0.15, -0.1) is 0 Å². The number of amides is 2. The van der Waals surface area contributed by atoms with Crippen molar-refractivity contribution in [1.29, 1.82) is 0 Å². The maximum Gasteiger partial charge on any atom is 0.254 e. The molecule has 0 fully saturated rings. The van der Waals surface area contributed by atoms with Gasteiger partial charge >= 0.3 is 0 Å². The monoisotopic (exact) mass is 384 g/mol. The molecular formula is C20H18F2N4O2. The number of benzene rings is 2. The van der Waals surface area contributed by atoms with Gasteiger partial charge in [0.2, 0.25) is 5.91 Å². The Morgan fingerprint density at radius 3 is 2.50 bits per heavy atom. The highest BCUT2D eigenvalue weighted by Crippen LogP contribution is 2.10. The fourth-order valence-electron chi connectivity index (χ4n) is 2.58. The Morgan fingerprint density at radius 2 is 1.82 bits per heavy atom. The number of hydrogen-bond donors (Lipinski definition) is 2. The molecule has 144 valence electrons. The summed E-state index contributed by atoms with van der Waals surface area (Å²) in [6, 6.07) is 12.2. The van der Waals surface area contributed by atoms with E-state index in [1.807, 2.05) is 36.5 Å². The van der Waals surface area contributed by atoms with Crippen molar-refractivity contribution in [2.45, 2.75) is 6.42 Å². The summed E-state index contributed by atoms with van der Waals surface area (Å²) in [6.07, 6.45) is 4.17. The van der Waals surface area contributed by atoms with Crippen LogP contribution in [-0.2, 0) is 11.2 Å². The Morgan fingerprint density at radius 1 is 1.04 bits per heavy atom. The van der Waals surface area contributed by atoms with E-state index < -0.39 is 23.4 Å². The van der Waals surface area contributed by atoms with E-state index in [-0.39, 0.29) is 12.1 Å². The molecule has 0 aliphatic carbocycles. The van der Waals surface area contributed by atoms with Crippen LogP contribution in [0.5, 0.6) is 0 Å². The summed E-state index contributed by atoms with van der Waals surface area (Å²) in [5.74, 6) is -2.92. The van der Waals surface area contributed by atoms with Crippen LogP contribution >= 0.6 is 0 Å². The highest BCUT2D eigenvalue weighted by atomic mass is 19.1. The third-order valence-corrected chi connectivity index (χ3v) is 4.03. The molecule has 0 spiro atoms. The molecule has 3 aromatic rings. The summed E-state index contributed by atoms with van der Waals surface area (Å²) in [6.45, 7) is 0.0919. The van der Waals surface area contributed by atoms with Gasteiger partial charge in [-0.05, 0) is 42.3 Å². The number of nitrogens with zero attached hydrogens (tertiary/aromatic N) is 2. The highest BCUT2D eigenvalue weighted by molar-refractivity contribution is 5.96. The van der Waals surface area contributed by atoms with Gasteiger partial charge in [-0.25, -0.2) is 13.5 Å². The van der Waals surface area contributed by atoms with E-state index in [1.165, 1.54) is 0 Å². The van der Waals surface area contributed by atoms with Gasteiger partial charge in [0.15, 0.2) is 0 Å². The number of halogens is 2. The molecule has 0 atom stereocenters. The molecule has 1 aromatic heterocycles. The number of carbonyl (C=O) groups excluding carboxylic acids is 2. The Balaban J connectivity index is 1.41. The molecule has 0 saturated heterocycles. The molecule has 1 heterocycles. The highest BCUT2D eigenvalue weighted by Gasteiger charge is 2.13. The van der Waals surface area contributed by atoms with E-state index in [0.29, 0.717) is 19.0 Å². The van der Waals surface area contributed by atoms with Crippen molar-refractivity contribution in [2.24, 2.45) is 0 Å². The number of aromatic nitrogens is 2. The van der Waals surface area contributed by atoms with Gasteiger partial charge < -0.3 is 10.6 Å². The van der Waals surface area contributed by atoms with Gasteiger partial charge in [0.05, 0.1) is 17.8 Å². The zero-order valence-electron chi connectivity index (χ0n) is 14.9. The zero-order valence-corrected chi connectivity index (χ0v) is 14.9. The van der Waals surface area contributed by atoms with Crippen LogP contribution in [0.1, 0.15) is 15.9 Å². The van der Waals surface area contributed by atoms with Gasteiger partial charge in [0.1, 0.15) is 11.6 Å². The number of hydrogen-bond acceptors (Lipinski definition) is 3. The Hall–Kier alpha value is -3.55. The van der Waals surface area contributed by atoms with E-state index in [1.54, 1.807) is 10.9 Å². The summed E-state index contributed by atoms with van der Waals surface area (Å²) in [5, 5.41) is 9.14. The summed E-state index contributed by atoms with van der Waals surface area (Å²) in [5.41, 5.74) is 1.66. The van der Waals surface area contributed by atoms with Gasteiger partial charge in [-0.2, -0.15) is 5.10 Å². The molecule has 3 rings (SSSR count). The van der Waals surface area contributed by atoms with Gasteiger partial charge in [-0.1, -0.05) is 12.1 Å².